The molecule has 1 aromatic rings. The second-order valence-electron chi connectivity index (χ2n) is 3.77. The van der Waals surface area contributed by atoms with Crippen molar-refractivity contribution >= 4 is 29.2 Å². The summed E-state index contributed by atoms with van der Waals surface area (Å²) in [4.78, 5) is 10.9. The summed E-state index contributed by atoms with van der Waals surface area (Å²) in [7, 11) is 0. The molecular weight excluding hydrogens is 237 g/mol. The lowest BCUT2D eigenvalue weighted by molar-refractivity contribution is -0.139. The van der Waals surface area contributed by atoms with E-state index in [-0.39, 0.29) is 5.92 Å². The van der Waals surface area contributed by atoms with Crippen LogP contribution in [0, 0.1) is 0 Å². The zero-order chi connectivity index (χ0) is 11.2. The molecule has 0 aromatic heterocycles. The van der Waals surface area contributed by atoms with Crippen molar-refractivity contribution in [3.05, 3.63) is 33.8 Å². The molecule has 3 N–H and O–H groups in total. The molecule has 0 bridgehead atoms. The minimum atomic E-state index is -1.16. The van der Waals surface area contributed by atoms with Gasteiger partial charge in [-0.3, -0.25) is 4.79 Å². The second-order valence-corrected chi connectivity index (χ2v) is 4.61. The fourth-order valence-corrected chi connectivity index (χ4v) is 2.23. The second kappa shape index (κ2) is 3.37. The average molecular weight is 246 g/mol. The highest BCUT2D eigenvalue weighted by atomic mass is 35.5. The van der Waals surface area contributed by atoms with Crippen molar-refractivity contribution in [3.8, 4) is 0 Å². The number of carboxylic acids is 1. The smallest absolute Gasteiger partial charge is 0.324 e. The maximum atomic E-state index is 10.9. The quantitative estimate of drug-likeness (QED) is 0.841. The molecule has 1 fully saturated rings. The standard InChI is InChI=1S/C10H9Cl2NO2/c11-5-1-2-6(8(12)3-5)7-4-10(7,13)9(14)15/h1-3,7H,4,13H2,(H,14,15)/t7-,10-/m1/s1. The molecule has 0 saturated heterocycles. The van der Waals surface area contributed by atoms with Gasteiger partial charge in [-0.15, -0.1) is 0 Å². The predicted octanol–water partition coefficient (Wildman–Crippen LogP) is 2.26. The molecule has 80 valence electrons. The minimum absolute atomic E-state index is 0.209. The first-order valence-corrected chi connectivity index (χ1v) is 5.18. The van der Waals surface area contributed by atoms with Gasteiger partial charge in [-0.25, -0.2) is 0 Å². The molecule has 1 aliphatic carbocycles. The topological polar surface area (TPSA) is 63.3 Å². The summed E-state index contributed by atoms with van der Waals surface area (Å²) in [6.07, 6.45) is 0.420. The first kappa shape index (κ1) is 10.7. The van der Waals surface area contributed by atoms with Gasteiger partial charge in [0.2, 0.25) is 0 Å². The zero-order valence-electron chi connectivity index (χ0n) is 7.71. The highest BCUT2D eigenvalue weighted by Gasteiger charge is 2.58. The summed E-state index contributed by atoms with van der Waals surface area (Å²) in [6.45, 7) is 0. The average Bonchev–Trinajstić information content (AvgIpc) is 2.79. The van der Waals surface area contributed by atoms with E-state index in [1.807, 2.05) is 0 Å². The monoisotopic (exact) mass is 245 g/mol. The third-order valence-electron chi connectivity index (χ3n) is 2.74. The molecule has 5 heteroatoms. The van der Waals surface area contributed by atoms with Gasteiger partial charge in [0, 0.05) is 16.0 Å². The van der Waals surface area contributed by atoms with Crippen molar-refractivity contribution in [3.63, 3.8) is 0 Å². The van der Waals surface area contributed by atoms with Gasteiger partial charge in [0.05, 0.1) is 0 Å². The van der Waals surface area contributed by atoms with Crippen molar-refractivity contribution in [1.29, 1.82) is 0 Å². The lowest BCUT2D eigenvalue weighted by Crippen LogP contribution is -2.34. The molecule has 1 aromatic carbocycles. The van der Waals surface area contributed by atoms with Crippen LogP contribution in [0.4, 0.5) is 0 Å². The van der Waals surface area contributed by atoms with Gasteiger partial charge < -0.3 is 10.8 Å². The lowest BCUT2D eigenvalue weighted by Gasteiger charge is -2.07. The SMILES string of the molecule is N[C@]1(C(=O)O)C[C@@H]1c1ccc(Cl)cc1Cl. The first-order valence-electron chi connectivity index (χ1n) is 4.42. The molecule has 15 heavy (non-hydrogen) atoms. The van der Waals surface area contributed by atoms with Crippen LogP contribution in [-0.4, -0.2) is 16.6 Å². The number of hydrogen-bond donors (Lipinski definition) is 2. The molecular formula is C10H9Cl2NO2. The van der Waals surface area contributed by atoms with Crippen LogP contribution in [0.5, 0.6) is 0 Å². The zero-order valence-corrected chi connectivity index (χ0v) is 9.22. The summed E-state index contributed by atoms with van der Waals surface area (Å²) in [5.41, 5.74) is 5.28. The van der Waals surface area contributed by atoms with Crippen LogP contribution in [0.2, 0.25) is 10.0 Å². The molecule has 2 rings (SSSR count). The Morgan fingerprint density at radius 3 is 2.67 bits per heavy atom. The maximum absolute atomic E-state index is 10.9. The number of hydrogen-bond acceptors (Lipinski definition) is 2. The number of aliphatic carboxylic acids is 1. The van der Waals surface area contributed by atoms with Crippen LogP contribution in [0.25, 0.3) is 0 Å². The van der Waals surface area contributed by atoms with Crippen LogP contribution in [0.3, 0.4) is 0 Å². The summed E-state index contributed by atoms with van der Waals surface area (Å²) in [5, 5.41) is 9.90. The summed E-state index contributed by atoms with van der Waals surface area (Å²) < 4.78 is 0. The Kier molecular flexibility index (Phi) is 2.41. The molecule has 0 spiro atoms. The molecule has 0 heterocycles. The van der Waals surface area contributed by atoms with Gasteiger partial charge in [0.1, 0.15) is 5.54 Å². The van der Waals surface area contributed by atoms with E-state index in [0.717, 1.165) is 5.56 Å². The van der Waals surface area contributed by atoms with Gasteiger partial charge in [0.15, 0.2) is 0 Å². The Morgan fingerprint density at radius 1 is 1.53 bits per heavy atom. The molecule has 3 nitrogen and oxygen atoms in total. The number of nitrogens with two attached hydrogens (primary N) is 1. The number of carboxylic acid groups (broad SMARTS) is 1. The molecule has 1 saturated carbocycles. The predicted molar refractivity (Wildman–Crippen MR) is 58.4 cm³/mol. The molecule has 0 amide bonds. The number of benzene rings is 1. The van der Waals surface area contributed by atoms with Gasteiger partial charge in [-0.2, -0.15) is 0 Å². The molecule has 0 aliphatic heterocycles. The minimum Gasteiger partial charge on any atom is -0.480 e. The molecule has 2 atom stereocenters. The highest BCUT2D eigenvalue weighted by Crippen LogP contribution is 2.51. The normalized spacial score (nSPS) is 28.9. The third kappa shape index (κ3) is 1.71. The largest absolute Gasteiger partial charge is 0.480 e. The van der Waals surface area contributed by atoms with Crippen LogP contribution in [0.15, 0.2) is 18.2 Å². The first-order chi connectivity index (χ1) is 6.95. The van der Waals surface area contributed by atoms with E-state index >= 15 is 0 Å². The van der Waals surface area contributed by atoms with E-state index in [4.69, 9.17) is 34.0 Å². The molecule has 0 radical (unpaired) electrons. The Balaban J connectivity index is 2.31. The van der Waals surface area contributed by atoms with Crippen LogP contribution >= 0.6 is 23.2 Å². The van der Waals surface area contributed by atoms with Crippen LogP contribution in [-0.2, 0) is 4.79 Å². The van der Waals surface area contributed by atoms with E-state index < -0.39 is 11.5 Å². The Morgan fingerprint density at radius 2 is 2.20 bits per heavy atom. The third-order valence-corrected chi connectivity index (χ3v) is 3.30. The Bertz CT molecular complexity index is 435. The van der Waals surface area contributed by atoms with Crippen LogP contribution < -0.4 is 5.73 Å². The van der Waals surface area contributed by atoms with Crippen molar-refractivity contribution < 1.29 is 9.90 Å². The van der Waals surface area contributed by atoms with E-state index in [2.05, 4.69) is 0 Å². The maximum Gasteiger partial charge on any atom is 0.324 e. The van der Waals surface area contributed by atoms with E-state index in [0.29, 0.717) is 16.5 Å². The van der Waals surface area contributed by atoms with E-state index in [9.17, 15) is 4.79 Å². The van der Waals surface area contributed by atoms with Crippen molar-refractivity contribution in [1.82, 2.24) is 0 Å². The van der Waals surface area contributed by atoms with Gasteiger partial charge in [-0.1, -0.05) is 29.3 Å². The van der Waals surface area contributed by atoms with Crippen molar-refractivity contribution in [2.45, 2.75) is 17.9 Å². The lowest BCUT2D eigenvalue weighted by atomic mass is 10.1. The van der Waals surface area contributed by atoms with E-state index in [1.165, 1.54) is 0 Å². The number of rotatable bonds is 2. The van der Waals surface area contributed by atoms with Gasteiger partial charge in [-0.05, 0) is 24.1 Å². The summed E-state index contributed by atoms with van der Waals surface area (Å²) in [6, 6.07) is 5.01. The Hall–Kier alpha value is -0.770. The fourth-order valence-electron chi connectivity index (χ4n) is 1.69. The highest BCUT2D eigenvalue weighted by molar-refractivity contribution is 6.35. The van der Waals surface area contributed by atoms with Crippen molar-refractivity contribution in [2.24, 2.45) is 5.73 Å². The van der Waals surface area contributed by atoms with E-state index in [1.54, 1.807) is 18.2 Å². The van der Waals surface area contributed by atoms with Gasteiger partial charge >= 0.3 is 5.97 Å². The molecule has 1 aliphatic rings. The number of carbonyl (C=O) groups is 1. The summed E-state index contributed by atoms with van der Waals surface area (Å²) in [5.74, 6) is -1.20. The fraction of sp³-hybridized carbons (Fsp3) is 0.300. The van der Waals surface area contributed by atoms with Crippen molar-refractivity contribution in [2.75, 3.05) is 0 Å². The van der Waals surface area contributed by atoms with Gasteiger partial charge in [0.25, 0.3) is 0 Å². The Labute approximate surface area is 96.8 Å². The number of halogens is 2. The molecule has 0 unspecified atom stereocenters. The summed E-state index contributed by atoms with van der Waals surface area (Å²) >= 11 is 11.7. The van der Waals surface area contributed by atoms with Crippen LogP contribution in [0.1, 0.15) is 17.9 Å².